The van der Waals surface area contributed by atoms with Gasteiger partial charge >= 0.3 is 0 Å². The smallest absolute Gasteiger partial charge is 0.251 e. The van der Waals surface area contributed by atoms with Crippen LogP contribution in [0, 0.1) is 5.82 Å². The van der Waals surface area contributed by atoms with E-state index in [4.69, 9.17) is 0 Å². The number of halogens is 1. The summed E-state index contributed by atoms with van der Waals surface area (Å²) in [5, 5.41) is 2.69. The summed E-state index contributed by atoms with van der Waals surface area (Å²) in [4.78, 5) is 12.1. The van der Waals surface area contributed by atoms with Gasteiger partial charge in [-0.15, -0.1) is 0 Å². The molecule has 0 bridgehead atoms. The van der Waals surface area contributed by atoms with Gasteiger partial charge in [-0.3, -0.25) is 4.79 Å². The molecule has 0 spiro atoms. The Hall–Kier alpha value is -2.25. The second kappa shape index (κ2) is 7.34. The second-order valence-electron chi connectivity index (χ2n) is 4.83. The molecule has 0 aliphatic heterocycles. The Balaban J connectivity index is 2.01. The fourth-order valence-corrected chi connectivity index (χ4v) is 2.99. The average Bonchev–Trinajstić information content (AvgIpc) is 2.54. The molecule has 2 N–H and O–H groups in total. The lowest BCUT2D eigenvalue weighted by molar-refractivity contribution is 0.0951. The van der Waals surface area contributed by atoms with Gasteiger partial charge in [0.25, 0.3) is 5.91 Å². The van der Waals surface area contributed by atoms with Crippen LogP contribution in [0.15, 0.2) is 53.4 Å². The molecule has 0 saturated heterocycles. The maximum absolute atomic E-state index is 12.8. The minimum Gasteiger partial charge on any atom is -0.348 e. The molecule has 122 valence electrons. The molecule has 0 fully saturated rings. The predicted molar refractivity (Wildman–Crippen MR) is 84.9 cm³/mol. The van der Waals surface area contributed by atoms with Gasteiger partial charge in [-0.1, -0.05) is 19.1 Å². The van der Waals surface area contributed by atoms with E-state index in [-0.39, 0.29) is 23.2 Å². The zero-order valence-corrected chi connectivity index (χ0v) is 13.4. The van der Waals surface area contributed by atoms with E-state index in [0.29, 0.717) is 12.1 Å². The van der Waals surface area contributed by atoms with Gasteiger partial charge in [0.15, 0.2) is 0 Å². The number of hydrogen-bond donors (Lipinski definition) is 2. The number of carbonyl (C=O) groups is 1. The van der Waals surface area contributed by atoms with Crippen LogP contribution in [0.4, 0.5) is 4.39 Å². The molecule has 0 atom stereocenters. The number of amides is 1. The molecule has 2 aromatic rings. The molecule has 2 rings (SSSR count). The van der Waals surface area contributed by atoms with Crippen molar-refractivity contribution >= 4 is 15.9 Å². The molecule has 0 aromatic heterocycles. The largest absolute Gasteiger partial charge is 0.348 e. The van der Waals surface area contributed by atoms with Crippen molar-refractivity contribution in [2.45, 2.75) is 18.4 Å². The molecular weight excluding hydrogens is 319 g/mol. The summed E-state index contributed by atoms with van der Waals surface area (Å²) in [5.74, 6) is -0.667. The highest BCUT2D eigenvalue weighted by atomic mass is 32.2. The van der Waals surface area contributed by atoms with Crippen molar-refractivity contribution in [3.63, 3.8) is 0 Å². The first-order valence-electron chi connectivity index (χ1n) is 7.05. The van der Waals surface area contributed by atoms with Crippen LogP contribution < -0.4 is 10.0 Å². The van der Waals surface area contributed by atoms with E-state index in [1.165, 1.54) is 36.4 Å². The Morgan fingerprint density at radius 3 is 2.22 bits per heavy atom. The Kier molecular flexibility index (Phi) is 5.46. The van der Waals surface area contributed by atoms with E-state index in [0.717, 1.165) is 5.56 Å². The van der Waals surface area contributed by atoms with Gasteiger partial charge in [-0.2, -0.15) is 0 Å². The van der Waals surface area contributed by atoms with Crippen molar-refractivity contribution in [3.8, 4) is 0 Å². The lowest BCUT2D eigenvalue weighted by Crippen LogP contribution is -2.24. The van der Waals surface area contributed by atoms with Crippen LogP contribution in [0.25, 0.3) is 0 Å². The zero-order valence-electron chi connectivity index (χ0n) is 12.5. The fraction of sp³-hybridized carbons (Fsp3) is 0.188. The molecule has 2 aromatic carbocycles. The van der Waals surface area contributed by atoms with Crippen molar-refractivity contribution in [3.05, 3.63) is 65.5 Å². The third kappa shape index (κ3) is 4.61. The van der Waals surface area contributed by atoms with Crippen molar-refractivity contribution in [2.24, 2.45) is 0 Å². The summed E-state index contributed by atoms with van der Waals surface area (Å²) in [7, 11) is -3.53. The first-order chi connectivity index (χ1) is 10.9. The Morgan fingerprint density at radius 2 is 1.65 bits per heavy atom. The Labute approximate surface area is 134 Å². The number of sulfonamides is 1. The lowest BCUT2D eigenvalue weighted by Gasteiger charge is -2.07. The number of nitrogens with one attached hydrogen (secondary N) is 2. The lowest BCUT2D eigenvalue weighted by atomic mass is 10.2. The average molecular weight is 336 g/mol. The van der Waals surface area contributed by atoms with Gasteiger partial charge in [0.1, 0.15) is 5.82 Å². The molecule has 0 unspecified atom stereocenters. The van der Waals surface area contributed by atoms with E-state index >= 15 is 0 Å². The molecule has 23 heavy (non-hydrogen) atoms. The van der Waals surface area contributed by atoms with Crippen LogP contribution in [0.2, 0.25) is 0 Å². The first-order valence-corrected chi connectivity index (χ1v) is 8.53. The predicted octanol–water partition coefficient (Wildman–Crippen LogP) is 2.05. The molecule has 5 nitrogen and oxygen atoms in total. The van der Waals surface area contributed by atoms with Gasteiger partial charge in [0.2, 0.25) is 10.0 Å². The molecule has 7 heteroatoms. The van der Waals surface area contributed by atoms with E-state index < -0.39 is 10.0 Å². The van der Waals surface area contributed by atoms with Crippen molar-refractivity contribution in [1.29, 1.82) is 0 Å². The standard InChI is InChI=1S/C16H17FN2O3S/c1-2-19-23(21,22)15-9-5-13(6-10-15)16(20)18-11-12-3-7-14(17)8-4-12/h3-10,19H,2,11H2,1H3,(H,18,20). The molecule has 0 radical (unpaired) electrons. The minimum absolute atomic E-state index is 0.106. The molecule has 0 aliphatic carbocycles. The highest BCUT2D eigenvalue weighted by Gasteiger charge is 2.13. The molecule has 0 aliphatic rings. The molecule has 1 amide bonds. The van der Waals surface area contributed by atoms with Crippen molar-refractivity contribution in [2.75, 3.05) is 6.54 Å². The minimum atomic E-state index is -3.53. The van der Waals surface area contributed by atoms with Gasteiger partial charge in [0.05, 0.1) is 4.90 Å². The molecular formula is C16H17FN2O3S. The molecule has 0 heterocycles. The summed E-state index contributed by atoms with van der Waals surface area (Å²) in [6.45, 7) is 2.24. The summed E-state index contributed by atoms with van der Waals surface area (Å²) >= 11 is 0. The Morgan fingerprint density at radius 1 is 1.04 bits per heavy atom. The highest BCUT2D eigenvalue weighted by molar-refractivity contribution is 7.89. The number of carbonyl (C=O) groups excluding carboxylic acids is 1. The number of rotatable bonds is 6. The van der Waals surface area contributed by atoms with Crippen LogP contribution in [0.5, 0.6) is 0 Å². The first kappa shape index (κ1) is 17.1. The topological polar surface area (TPSA) is 75.3 Å². The Bertz CT molecular complexity index is 772. The third-order valence-electron chi connectivity index (χ3n) is 3.13. The van der Waals surface area contributed by atoms with Crippen LogP contribution >= 0.6 is 0 Å². The number of hydrogen-bond acceptors (Lipinski definition) is 3. The van der Waals surface area contributed by atoms with Crippen LogP contribution in [0.3, 0.4) is 0 Å². The van der Waals surface area contributed by atoms with Crippen LogP contribution in [-0.2, 0) is 16.6 Å². The van der Waals surface area contributed by atoms with Gasteiger partial charge in [-0.25, -0.2) is 17.5 Å². The number of benzene rings is 2. The van der Waals surface area contributed by atoms with E-state index in [1.807, 2.05) is 0 Å². The summed E-state index contributed by atoms with van der Waals surface area (Å²) in [6, 6.07) is 11.5. The van der Waals surface area contributed by atoms with E-state index in [1.54, 1.807) is 19.1 Å². The summed E-state index contributed by atoms with van der Waals surface area (Å²) in [6.07, 6.45) is 0. The van der Waals surface area contributed by atoms with Gasteiger partial charge in [0, 0.05) is 18.7 Å². The van der Waals surface area contributed by atoms with Crippen LogP contribution in [-0.4, -0.2) is 20.9 Å². The normalized spacial score (nSPS) is 11.2. The van der Waals surface area contributed by atoms with Crippen molar-refractivity contribution < 1.29 is 17.6 Å². The van der Waals surface area contributed by atoms with Gasteiger partial charge in [-0.05, 0) is 42.0 Å². The summed E-state index contributed by atoms with van der Waals surface area (Å²) in [5.41, 5.74) is 1.12. The molecule has 0 saturated carbocycles. The van der Waals surface area contributed by atoms with E-state index in [9.17, 15) is 17.6 Å². The highest BCUT2D eigenvalue weighted by Crippen LogP contribution is 2.11. The third-order valence-corrected chi connectivity index (χ3v) is 4.69. The van der Waals surface area contributed by atoms with Crippen molar-refractivity contribution in [1.82, 2.24) is 10.0 Å². The maximum atomic E-state index is 12.8. The quantitative estimate of drug-likeness (QED) is 0.848. The maximum Gasteiger partial charge on any atom is 0.251 e. The van der Waals surface area contributed by atoms with Gasteiger partial charge < -0.3 is 5.32 Å². The monoisotopic (exact) mass is 336 g/mol. The second-order valence-corrected chi connectivity index (χ2v) is 6.60. The summed E-state index contributed by atoms with van der Waals surface area (Å²) < 4.78 is 38.8. The SMILES string of the molecule is CCNS(=O)(=O)c1ccc(C(=O)NCc2ccc(F)cc2)cc1. The van der Waals surface area contributed by atoms with E-state index in [2.05, 4.69) is 10.0 Å². The fourth-order valence-electron chi connectivity index (χ4n) is 1.95. The zero-order chi connectivity index (χ0) is 16.9. The van der Waals surface area contributed by atoms with Crippen LogP contribution in [0.1, 0.15) is 22.8 Å².